The Labute approximate surface area is 96.8 Å². The summed E-state index contributed by atoms with van der Waals surface area (Å²) in [5.74, 6) is 0.735. The Bertz CT molecular complexity index is 206. The van der Waals surface area contributed by atoms with Crippen LogP contribution in [0.5, 0.6) is 0 Å². The first kappa shape index (κ1) is 16.6. The highest BCUT2D eigenvalue weighted by Gasteiger charge is 2.19. The zero-order valence-electron chi connectivity index (χ0n) is 11.4. The second-order valence-corrected chi connectivity index (χ2v) is 3.11. The molecule has 1 aliphatic rings. The van der Waals surface area contributed by atoms with Crippen LogP contribution in [0.4, 0.5) is 0 Å². The number of allylic oxidation sites excluding steroid dienone is 5. The lowest BCUT2D eigenvalue weighted by Crippen LogP contribution is -1.88. The van der Waals surface area contributed by atoms with Crippen molar-refractivity contribution < 1.29 is 0 Å². The lowest BCUT2D eigenvalue weighted by Gasteiger charge is -2.03. The van der Waals surface area contributed by atoms with Crippen LogP contribution in [0.25, 0.3) is 0 Å². The second kappa shape index (κ2) is 11.3. The lowest BCUT2D eigenvalue weighted by atomic mass is 10.0. The van der Waals surface area contributed by atoms with Crippen molar-refractivity contribution in [1.29, 1.82) is 0 Å². The Morgan fingerprint density at radius 2 is 1.73 bits per heavy atom. The molecule has 0 heteroatoms. The predicted molar refractivity (Wildman–Crippen MR) is 73.1 cm³/mol. The fraction of sp³-hybridized carbons (Fsp3) is 0.600. The van der Waals surface area contributed by atoms with E-state index in [0.29, 0.717) is 0 Å². The Morgan fingerprint density at radius 3 is 2.13 bits per heavy atom. The van der Waals surface area contributed by atoms with Crippen molar-refractivity contribution in [3.05, 3.63) is 36.0 Å². The summed E-state index contributed by atoms with van der Waals surface area (Å²) in [6, 6.07) is 0. The van der Waals surface area contributed by atoms with Crippen LogP contribution in [0.1, 0.15) is 54.4 Å². The summed E-state index contributed by atoms with van der Waals surface area (Å²) < 4.78 is 0. The fourth-order valence-corrected chi connectivity index (χ4v) is 1.70. The molecule has 1 aliphatic carbocycles. The molecule has 1 rings (SSSR count). The van der Waals surface area contributed by atoms with Crippen molar-refractivity contribution in [2.45, 2.75) is 54.4 Å². The van der Waals surface area contributed by atoms with Crippen LogP contribution in [-0.2, 0) is 0 Å². The maximum atomic E-state index is 3.72. The Balaban J connectivity index is 0. The molecular formula is C15H28. The summed E-state index contributed by atoms with van der Waals surface area (Å²) in [7, 11) is 0. The fourth-order valence-electron chi connectivity index (χ4n) is 1.70. The SMILES string of the molecule is C=C/C=C1\C(=C/C)CCC1C.CC.CC. The molecule has 0 nitrogen and oxygen atoms in total. The lowest BCUT2D eigenvalue weighted by molar-refractivity contribution is 0.697. The number of hydrogen-bond donors (Lipinski definition) is 0. The highest BCUT2D eigenvalue weighted by molar-refractivity contribution is 5.38. The summed E-state index contributed by atoms with van der Waals surface area (Å²) >= 11 is 0. The molecule has 1 atom stereocenters. The summed E-state index contributed by atoms with van der Waals surface area (Å²) in [5, 5.41) is 0. The summed E-state index contributed by atoms with van der Waals surface area (Å²) in [4.78, 5) is 0. The van der Waals surface area contributed by atoms with Gasteiger partial charge in [-0.1, -0.05) is 59.4 Å². The highest BCUT2D eigenvalue weighted by atomic mass is 14.2. The van der Waals surface area contributed by atoms with Gasteiger partial charge in [0.25, 0.3) is 0 Å². The maximum absolute atomic E-state index is 3.72. The Hall–Kier alpha value is -0.780. The third-order valence-electron chi connectivity index (χ3n) is 2.39. The standard InChI is InChI=1S/C11H16.2C2H6/c1-4-6-11-9(3)7-8-10(11)5-2;2*1-2/h4-6,9H,1,7-8H2,2-3H3;2*1-2H3/b10-5-,11-6-;;. The number of hydrogen-bond acceptors (Lipinski definition) is 0. The molecule has 0 radical (unpaired) electrons. The molecule has 15 heavy (non-hydrogen) atoms. The first-order valence-electron chi connectivity index (χ1n) is 6.27. The van der Waals surface area contributed by atoms with Gasteiger partial charge in [-0.3, -0.25) is 0 Å². The summed E-state index contributed by atoms with van der Waals surface area (Å²) in [6.07, 6.45) is 8.81. The van der Waals surface area contributed by atoms with Crippen molar-refractivity contribution in [2.24, 2.45) is 5.92 Å². The van der Waals surface area contributed by atoms with Gasteiger partial charge in [-0.25, -0.2) is 0 Å². The van der Waals surface area contributed by atoms with Crippen LogP contribution in [-0.4, -0.2) is 0 Å². The largest absolute Gasteiger partial charge is 0.0991 e. The van der Waals surface area contributed by atoms with E-state index in [9.17, 15) is 0 Å². The smallest absolute Gasteiger partial charge is 0.0185 e. The van der Waals surface area contributed by atoms with Gasteiger partial charge in [0.2, 0.25) is 0 Å². The van der Waals surface area contributed by atoms with Crippen molar-refractivity contribution in [3.63, 3.8) is 0 Å². The van der Waals surface area contributed by atoms with Crippen LogP contribution >= 0.6 is 0 Å². The third-order valence-corrected chi connectivity index (χ3v) is 2.39. The van der Waals surface area contributed by atoms with Crippen LogP contribution in [0.3, 0.4) is 0 Å². The Kier molecular flexibility index (Phi) is 12.5. The Morgan fingerprint density at radius 1 is 1.20 bits per heavy atom. The van der Waals surface area contributed by atoms with Crippen LogP contribution in [0.15, 0.2) is 36.0 Å². The van der Waals surface area contributed by atoms with E-state index in [4.69, 9.17) is 0 Å². The van der Waals surface area contributed by atoms with E-state index in [-0.39, 0.29) is 0 Å². The molecule has 0 spiro atoms. The van der Waals surface area contributed by atoms with Crippen molar-refractivity contribution in [1.82, 2.24) is 0 Å². The highest BCUT2D eigenvalue weighted by Crippen LogP contribution is 2.35. The van der Waals surface area contributed by atoms with Gasteiger partial charge in [0, 0.05) is 0 Å². The predicted octanol–water partition coefficient (Wildman–Crippen LogP) is 5.53. The minimum Gasteiger partial charge on any atom is -0.0991 e. The zero-order valence-corrected chi connectivity index (χ0v) is 11.4. The number of rotatable bonds is 1. The first-order valence-corrected chi connectivity index (χ1v) is 6.27. The van der Waals surface area contributed by atoms with Crippen LogP contribution in [0.2, 0.25) is 0 Å². The van der Waals surface area contributed by atoms with Crippen molar-refractivity contribution in [3.8, 4) is 0 Å². The van der Waals surface area contributed by atoms with Crippen LogP contribution in [0, 0.1) is 5.92 Å². The molecule has 0 heterocycles. The third kappa shape index (κ3) is 5.61. The molecule has 0 N–H and O–H groups in total. The molecule has 0 aromatic carbocycles. The topological polar surface area (TPSA) is 0 Å². The van der Waals surface area contributed by atoms with Crippen LogP contribution < -0.4 is 0 Å². The minimum absolute atomic E-state index is 0.735. The molecule has 1 fully saturated rings. The molecule has 0 aromatic heterocycles. The van der Waals surface area contributed by atoms with E-state index in [2.05, 4.69) is 32.6 Å². The van der Waals surface area contributed by atoms with Gasteiger partial charge in [0.1, 0.15) is 0 Å². The van der Waals surface area contributed by atoms with Gasteiger partial charge in [0.05, 0.1) is 0 Å². The molecule has 0 amide bonds. The monoisotopic (exact) mass is 208 g/mol. The molecular weight excluding hydrogens is 180 g/mol. The van der Waals surface area contributed by atoms with E-state index < -0.39 is 0 Å². The maximum Gasteiger partial charge on any atom is -0.0185 e. The first-order chi connectivity index (χ1) is 7.29. The van der Waals surface area contributed by atoms with Gasteiger partial charge >= 0.3 is 0 Å². The normalized spacial score (nSPS) is 24.0. The van der Waals surface area contributed by atoms with E-state index in [0.717, 1.165) is 5.92 Å². The van der Waals surface area contributed by atoms with Gasteiger partial charge < -0.3 is 0 Å². The molecule has 0 bridgehead atoms. The molecule has 0 aliphatic heterocycles. The molecule has 1 unspecified atom stereocenters. The van der Waals surface area contributed by atoms with Crippen molar-refractivity contribution in [2.75, 3.05) is 0 Å². The van der Waals surface area contributed by atoms with Crippen molar-refractivity contribution >= 4 is 0 Å². The van der Waals surface area contributed by atoms with E-state index >= 15 is 0 Å². The minimum atomic E-state index is 0.735. The molecule has 0 aromatic rings. The van der Waals surface area contributed by atoms with Gasteiger partial charge in [-0.05, 0) is 36.8 Å². The molecule has 0 saturated heterocycles. The van der Waals surface area contributed by atoms with E-state index in [1.807, 2.05) is 33.8 Å². The van der Waals surface area contributed by atoms with Gasteiger partial charge in [-0.2, -0.15) is 0 Å². The molecule has 88 valence electrons. The molecule has 1 saturated carbocycles. The average molecular weight is 208 g/mol. The quantitative estimate of drug-likeness (QED) is 0.531. The van der Waals surface area contributed by atoms with Gasteiger partial charge in [0.15, 0.2) is 0 Å². The van der Waals surface area contributed by atoms with Gasteiger partial charge in [-0.15, -0.1) is 0 Å². The average Bonchev–Trinajstić information content (AvgIpc) is 2.66. The van der Waals surface area contributed by atoms with E-state index in [1.54, 1.807) is 0 Å². The van der Waals surface area contributed by atoms with E-state index in [1.165, 1.54) is 24.0 Å². The second-order valence-electron chi connectivity index (χ2n) is 3.11. The zero-order chi connectivity index (χ0) is 12.3. The summed E-state index contributed by atoms with van der Waals surface area (Å²) in [6.45, 7) is 16.1. The summed E-state index contributed by atoms with van der Waals surface area (Å²) in [5.41, 5.74) is 3.00.